The second kappa shape index (κ2) is 9.22. The topological polar surface area (TPSA) is 88.9 Å². The van der Waals surface area contributed by atoms with Crippen LogP contribution in [-0.2, 0) is 4.79 Å². The van der Waals surface area contributed by atoms with Crippen LogP contribution in [0.25, 0.3) is 10.7 Å². The fourth-order valence-corrected chi connectivity index (χ4v) is 4.65. The third-order valence-electron chi connectivity index (χ3n) is 4.81. The second-order valence-electron chi connectivity index (χ2n) is 6.59. The van der Waals surface area contributed by atoms with Crippen LogP contribution in [0.1, 0.15) is 11.6 Å². The van der Waals surface area contributed by atoms with Gasteiger partial charge in [-0.25, -0.2) is 4.98 Å². The molecule has 7 nitrogen and oxygen atoms in total. The average molecular weight is 425 g/mol. The van der Waals surface area contributed by atoms with E-state index in [1.807, 2.05) is 52.7 Å². The number of aromatic nitrogens is 3. The van der Waals surface area contributed by atoms with Gasteiger partial charge in [0.1, 0.15) is 6.04 Å². The Morgan fingerprint density at radius 2 is 2.00 bits per heavy atom. The lowest BCUT2D eigenvalue weighted by atomic mass is 10.1. The maximum atomic E-state index is 12.6. The molecule has 2 aromatic heterocycles. The first-order valence-electron chi connectivity index (χ1n) is 9.30. The first-order chi connectivity index (χ1) is 14.2. The van der Waals surface area contributed by atoms with Crippen LogP contribution in [0.2, 0.25) is 0 Å². The largest absolute Gasteiger partial charge is 0.339 e. The quantitative estimate of drug-likeness (QED) is 0.612. The van der Waals surface area contributed by atoms with Crippen LogP contribution >= 0.6 is 23.1 Å². The lowest BCUT2D eigenvalue weighted by Crippen LogP contribution is -2.50. The zero-order valence-corrected chi connectivity index (χ0v) is 17.3. The van der Waals surface area contributed by atoms with Crippen molar-refractivity contribution in [1.82, 2.24) is 25.0 Å². The summed E-state index contributed by atoms with van der Waals surface area (Å²) < 4.78 is 0. The summed E-state index contributed by atoms with van der Waals surface area (Å²) in [5.41, 5.74) is 0.997. The summed E-state index contributed by atoms with van der Waals surface area (Å²) in [7, 11) is 0. The minimum atomic E-state index is -0.272. The number of hydrogen-bond acceptors (Lipinski definition) is 7. The molecule has 0 spiro atoms. The smallest absolute Gasteiger partial charge is 0.233 e. The molecule has 1 aliphatic heterocycles. The number of amides is 1. The third kappa shape index (κ3) is 4.67. The Labute approximate surface area is 177 Å². The molecule has 9 heteroatoms. The fourth-order valence-electron chi connectivity index (χ4n) is 3.28. The molecule has 0 bridgehead atoms. The molecule has 1 saturated heterocycles. The summed E-state index contributed by atoms with van der Waals surface area (Å²) in [6, 6.07) is 15.9. The standard InChI is InChI=1S/C20H20N6OS2/c21-13-16(15-5-2-1-3-6-15)25-8-10-26(11-9-25)18(27)14-29-20-22-19(23-24-20)17-7-4-12-28-17/h1-7,12,16H,8-11,14H2,(H,22,23,24). The Morgan fingerprint density at radius 3 is 2.69 bits per heavy atom. The summed E-state index contributed by atoms with van der Waals surface area (Å²) in [6.07, 6.45) is 0. The summed E-state index contributed by atoms with van der Waals surface area (Å²) in [6.45, 7) is 2.62. The summed E-state index contributed by atoms with van der Waals surface area (Å²) in [5, 5.41) is 19.3. The predicted octanol–water partition coefficient (Wildman–Crippen LogP) is 3.03. The van der Waals surface area contributed by atoms with E-state index in [4.69, 9.17) is 0 Å². The molecule has 3 aromatic rings. The average Bonchev–Trinajstić information content (AvgIpc) is 3.46. The second-order valence-corrected chi connectivity index (χ2v) is 8.48. The number of hydrogen-bond donors (Lipinski definition) is 1. The molecule has 3 heterocycles. The molecule has 1 N–H and O–H groups in total. The van der Waals surface area contributed by atoms with Gasteiger partial charge in [-0.15, -0.1) is 16.4 Å². The number of nitrogens with one attached hydrogen (secondary N) is 1. The summed E-state index contributed by atoms with van der Waals surface area (Å²) >= 11 is 2.94. The van der Waals surface area contributed by atoms with Crippen LogP contribution in [0.4, 0.5) is 0 Å². The maximum absolute atomic E-state index is 12.6. The lowest BCUT2D eigenvalue weighted by Gasteiger charge is -2.37. The monoisotopic (exact) mass is 424 g/mol. The van der Waals surface area contributed by atoms with Gasteiger partial charge in [0, 0.05) is 26.2 Å². The summed E-state index contributed by atoms with van der Waals surface area (Å²) in [5.74, 6) is 1.11. The van der Waals surface area contributed by atoms with Gasteiger partial charge in [-0.2, -0.15) is 5.26 Å². The number of H-pyrrole nitrogens is 1. The number of benzene rings is 1. The normalized spacial score (nSPS) is 15.8. The van der Waals surface area contributed by atoms with Crippen molar-refractivity contribution in [3.63, 3.8) is 0 Å². The van der Waals surface area contributed by atoms with Crippen molar-refractivity contribution in [1.29, 1.82) is 5.26 Å². The molecule has 148 valence electrons. The number of carbonyl (C=O) groups is 1. The maximum Gasteiger partial charge on any atom is 0.233 e. The molecule has 1 aliphatic rings. The summed E-state index contributed by atoms with van der Waals surface area (Å²) in [4.78, 5) is 22.0. The number of aromatic amines is 1. The van der Waals surface area contributed by atoms with E-state index in [-0.39, 0.29) is 11.9 Å². The molecule has 4 rings (SSSR count). The van der Waals surface area contributed by atoms with Crippen molar-refractivity contribution in [3.8, 4) is 16.8 Å². The minimum absolute atomic E-state index is 0.0744. The Balaban J connectivity index is 1.28. The van der Waals surface area contributed by atoms with E-state index in [0.717, 1.165) is 16.3 Å². The van der Waals surface area contributed by atoms with Crippen LogP contribution in [0, 0.1) is 11.3 Å². The Hall–Kier alpha value is -2.67. The van der Waals surface area contributed by atoms with Crippen molar-refractivity contribution in [2.24, 2.45) is 0 Å². The van der Waals surface area contributed by atoms with Gasteiger partial charge >= 0.3 is 0 Å². The Bertz CT molecular complexity index is 974. The van der Waals surface area contributed by atoms with E-state index >= 15 is 0 Å². The molecule has 1 atom stereocenters. The fraction of sp³-hybridized carbons (Fsp3) is 0.300. The highest BCUT2D eigenvalue weighted by molar-refractivity contribution is 7.99. The van der Waals surface area contributed by atoms with Crippen LogP contribution in [-0.4, -0.2) is 62.8 Å². The molecule has 1 amide bonds. The van der Waals surface area contributed by atoms with Crippen molar-refractivity contribution >= 4 is 29.0 Å². The number of rotatable bonds is 6. The van der Waals surface area contributed by atoms with E-state index in [0.29, 0.717) is 37.1 Å². The van der Waals surface area contributed by atoms with Gasteiger partial charge in [0.2, 0.25) is 11.1 Å². The van der Waals surface area contributed by atoms with E-state index in [1.54, 1.807) is 11.3 Å². The highest BCUT2D eigenvalue weighted by Crippen LogP contribution is 2.24. The van der Waals surface area contributed by atoms with Crippen molar-refractivity contribution in [2.75, 3.05) is 31.9 Å². The molecular formula is C20H20N6OS2. The Morgan fingerprint density at radius 1 is 1.21 bits per heavy atom. The number of thioether (sulfide) groups is 1. The number of piperazine rings is 1. The van der Waals surface area contributed by atoms with Crippen molar-refractivity contribution < 1.29 is 4.79 Å². The number of nitrogens with zero attached hydrogens (tertiary/aromatic N) is 5. The first-order valence-corrected chi connectivity index (χ1v) is 11.2. The predicted molar refractivity (Wildman–Crippen MR) is 113 cm³/mol. The van der Waals surface area contributed by atoms with Crippen LogP contribution in [0.3, 0.4) is 0 Å². The number of thiophene rings is 1. The zero-order chi connectivity index (χ0) is 20.1. The van der Waals surface area contributed by atoms with Gasteiger partial charge in [0.05, 0.1) is 16.7 Å². The molecule has 1 unspecified atom stereocenters. The van der Waals surface area contributed by atoms with Gasteiger partial charge in [-0.05, 0) is 17.0 Å². The lowest BCUT2D eigenvalue weighted by molar-refractivity contribution is -0.130. The molecule has 0 radical (unpaired) electrons. The van der Waals surface area contributed by atoms with E-state index in [1.165, 1.54) is 11.8 Å². The molecule has 0 aliphatic carbocycles. The van der Waals surface area contributed by atoms with Crippen LogP contribution in [0.15, 0.2) is 53.0 Å². The van der Waals surface area contributed by atoms with Crippen molar-refractivity contribution in [2.45, 2.75) is 11.2 Å². The first kappa shape index (κ1) is 19.6. The Kier molecular flexibility index (Phi) is 6.24. The number of carbonyl (C=O) groups excluding carboxylic acids is 1. The van der Waals surface area contributed by atoms with Gasteiger partial charge in [0.15, 0.2) is 5.82 Å². The van der Waals surface area contributed by atoms with E-state index in [2.05, 4.69) is 26.2 Å². The van der Waals surface area contributed by atoms with Crippen LogP contribution < -0.4 is 0 Å². The van der Waals surface area contributed by atoms with Gasteiger partial charge in [0.25, 0.3) is 0 Å². The molecule has 1 fully saturated rings. The van der Waals surface area contributed by atoms with E-state index in [9.17, 15) is 10.1 Å². The molecule has 29 heavy (non-hydrogen) atoms. The highest BCUT2D eigenvalue weighted by Gasteiger charge is 2.27. The molecule has 1 aromatic carbocycles. The van der Waals surface area contributed by atoms with Gasteiger partial charge in [-0.3, -0.25) is 14.8 Å². The minimum Gasteiger partial charge on any atom is -0.339 e. The number of nitriles is 1. The van der Waals surface area contributed by atoms with E-state index < -0.39 is 0 Å². The van der Waals surface area contributed by atoms with Crippen molar-refractivity contribution in [3.05, 3.63) is 53.4 Å². The highest BCUT2D eigenvalue weighted by atomic mass is 32.2. The molecular weight excluding hydrogens is 404 g/mol. The SMILES string of the molecule is N#CC(c1ccccc1)N1CCN(C(=O)CSc2n[nH]c(-c3cccs3)n2)CC1. The van der Waals surface area contributed by atoms with Gasteiger partial charge < -0.3 is 4.90 Å². The zero-order valence-electron chi connectivity index (χ0n) is 15.7. The third-order valence-corrected chi connectivity index (χ3v) is 6.52. The van der Waals surface area contributed by atoms with Crippen LogP contribution in [0.5, 0.6) is 0 Å². The van der Waals surface area contributed by atoms with Gasteiger partial charge in [-0.1, -0.05) is 48.2 Å². The molecule has 0 saturated carbocycles.